The molecule has 0 heteroatoms. The standard InChI is InChI=1S/C16H12/c1-2-8-14-10-4-6-12-16(14)15-11-5-3-9-13(15)7-1/h1,3-6,8-12H,7H2. The van der Waals surface area contributed by atoms with Crippen LogP contribution in [-0.2, 0) is 6.42 Å². The highest BCUT2D eigenvalue weighted by atomic mass is 14.1. The van der Waals surface area contributed by atoms with Crippen molar-refractivity contribution < 1.29 is 0 Å². The molecule has 0 bridgehead atoms. The van der Waals surface area contributed by atoms with E-state index in [1.54, 1.807) is 0 Å². The predicted octanol–water partition coefficient (Wildman–Crippen LogP) is 4.08. The van der Waals surface area contributed by atoms with E-state index in [0.29, 0.717) is 0 Å². The van der Waals surface area contributed by atoms with E-state index in [9.17, 15) is 0 Å². The van der Waals surface area contributed by atoms with Crippen molar-refractivity contribution in [2.45, 2.75) is 6.42 Å². The third kappa shape index (κ3) is 1.50. The SMILES string of the molecule is C1=CCc2ccccc2-c2ccccc2C=1. The maximum Gasteiger partial charge on any atom is -0.00151 e. The smallest absolute Gasteiger partial charge is 0.00151 e. The van der Waals surface area contributed by atoms with Crippen LogP contribution in [0.25, 0.3) is 17.2 Å². The summed E-state index contributed by atoms with van der Waals surface area (Å²) in [5.41, 5.74) is 8.49. The molecule has 1 aliphatic carbocycles. The third-order valence-electron chi connectivity index (χ3n) is 2.95. The van der Waals surface area contributed by atoms with Gasteiger partial charge in [-0.2, -0.15) is 0 Å². The Hall–Kier alpha value is -2.04. The minimum Gasteiger partial charge on any atom is -0.124 e. The summed E-state index contributed by atoms with van der Waals surface area (Å²) in [4.78, 5) is 0. The van der Waals surface area contributed by atoms with Gasteiger partial charge in [-0.1, -0.05) is 48.5 Å². The van der Waals surface area contributed by atoms with Crippen LogP contribution in [0.2, 0.25) is 0 Å². The molecule has 3 rings (SSSR count). The van der Waals surface area contributed by atoms with E-state index in [4.69, 9.17) is 0 Å². The highest BCUT2D eigenvalue weighted by molar-refractivity contribution is 5.78. The maximum absolute atomic E-state index is 3.23. The van der Waals surface area contributed by atoms with E-state index in [1.807, 2.05) is 0 Å². The lowest BCUT2D eigenvalue weighted by molar-refractivity contribution is 1.27. The van der Waals surface area contributed by atoms with Crippen LogP contribution in [0.4, 0.5) is 0 Å². The Kier molecular flexibility index (Phi) is 2.21. The average molecular weight is 204 g/mol. The van der Waals surface area contributed by atoms with Crippen molar-refractivity contribution in [1.29, 1.82) is 0 Å². The van der Waals surface area contributed by atoms with E-state index in [0.717, 1.165) is 6.42 Å². The first-order chi connectivity index (χ1) is 7.95. The van der Waals surface area contributed by atoms with Crippen LogP contribution in [0.15, 0.2) is 60.3 Å². The highest BCUT2D eigenvalue weighted by Gasteiger charge is 2.07. The average Bonchev–Trinajstić information content (AvgIpc) is 2.33. The Morgan fingerprint density at radius 3 is 2.50 bits per heavy atom. The van der Waals surface area contributed by atoms with Gasteiger partial charge in [-0.25, -0.2) is 0 Å². The van der Waals surface area contributed by atoms with E-state index in [-0.39, 0.29) is 0 Å². The summed E-state index contributed by atoms with van der Waals surface area (Å²) in [5, 5.41) is 0. The number of benzene rings is 2. The summed E-state index contributed by atoms with van der Waals surface area (Å²) < 4.78 is 0. The quantitative estimate of drug-likeness (QED) is 0.567. The zero-order chi connectivity index (χ0) is 10.8. The third-order valence-corrected chi connectivity index (χ3v) is 2.95. The molecule has 2 aromatic carbocycles. The van der Waals surface area contributed by atoms with E-state index in [2.05, 4.69) is 66.4 Å². The first-order valence-electron chi connectivity index (χ1n) is 5.53. The fourth-order valence-corrected chi connectivity index (χ4v) is 2.15. The van der Waals surface area contributed by atoms with Gasteiger partial charge in [0.25, 0.3) is 0 Å². The zero-order valence-electron chi connectivity index (χ0n) is 8.98. The van der Waals surface area contributed by atoms with Gasteiger partial charge >= 0.3 is 0 Å². The molecule has 0 heterocycles. The maximum atomic E-state index is 3.23. The molecule has 0 N–H and O–H groups in total. The molecule has 0 nitrogen and oxygen atoms in total. The summed E-state index contributed by atoms with van der Waals surface area (Å²) in [6.45, 7) is 0. The molecule has 1 aliphatic rings. The Bertz CT molecular complexity index is 584. The van der Waals surface area contributed by atoms with Crippen LogP contribution < -0.4 is 0 Å². The van der Waals surface area contributed by atoms with Crippen molar-refractivity contribution in [3.63, 3.8) is 0 Å². The van der Waals surface area contributed by atoms with Gasteiger partial charge in [-0.15, -0.1) is 5.73 Å². The normalized spacial score (nSPS) is 12.5. The van der Waals surface area contributed by atoms with Crippen molar-refractivity contribution in [2.75, 3.05) is 0 Å². The second-order valence-corrected chi connectivity index (χ2v) is 3.96. The summed E-state index contributed by atoms with van der Waals surface area (Å²) in [6.07, 6.45) is 5.11. The van der Waals surface area contributed by atoms with Gasteiger partial charge in [-0.3, -0.25) is 0 Å². The van der Waals surface area contributed by atoms with Crippen LogP contribution in [0, 0.1) is 0 Å². The molecule has 0 radical (unpaired) electrons. The number of fused-ring (bicyclic) bond motifs is 3. The van der Waals surface area contributed by atoms with Crippen LogP contribution in [0.5, 0.6) is 0 Å². The van der Waals surface area contributed by atoms with Crippen molar-refractivity contribution in [3.05, 3.63) is 71.5 Å². The summed E-state index contributed by atoms with van der Waals surface area (Å²) in [5.74, 6) is 0. The van der Waals surface area contributed by atoms with Gasteiger partial charge in [0.1, 0.15) is 0 Å². The Labute approximate surface area is 95.6 Å². The molecular weight excluding hydrogens is 192 g/mol. The monoisotopic (exact) mass is 204 g/mol. The lowest BCUT2D eigenvalue weighted by Gasteiger charge is -2.11. The Morgan fingerprint density at radius 1 is 0.812 bits per heavy atom. The Balaban J connectivity index is 2.34. The largest absolute Gasteiger partial charge is 0.124 e. The van der Waals surface area contributed by atoms with Gasteiger partial charge in [-0.05, 0) is 40.8 Å². The summed E-state index contributed by atoms with van der Waals surface area (Å²) >= 11 is 0. The molecule has 0 atom stereocenters. The molecule has 2 aromatic rings. The van der Waals surface area contributed by atoms with Crippen molar-refractivity contribution in [1.82, 2.24) is 0 Å². The van der Waals surface area contributed by atoms with E-state index < -0.39 is 0 Å². The second-order valence-electron chi connectivity index (χ2n) is 3.96. The van der Waals surface area contributed by atoms with Gasteiger partial charge in [0.15, 0.2) is 0 Å². The van der Waals surface area contributed by atoms with Crippen LogP contribution >= 0.6 is 0 Å². The number of hydrogen-bond acceptors (Lipinski definition) is 0. The lowest BCUT2D eigenvalue weighted by Crippen LogP contribution is -1.91. The molecule has 0 saturated heterocycles. The first-order valence-corrected chi connectivity index (χ1v) is 5.53. The predicted molar refractivity (Wildman–Crippen MR) is 68.1 cm³/mol. The van der Waals surface area contributed by atoms with E-state index in [1.165, 1.54) is 22.3 Å². The lowest BCUT2D eigenvalue weighted by atomic mass is 9.93. The van der Waals surface area contributed by atoms with Crippen molar-refractivity contribution in [2.24, 2.45) is 0 Å². The molecular formula is C16H12. The van der Waals surface area contributed by atoms with Crippen LogP contribution in [-0.4, -0.2) is 0 Å². The molecule has 0 aliphatic heterocycles. The van der Waals surface area contributed by atoms with Crippen molar-refractivity contribution in [3.8, 4) is 11.1 Å². The molecule has 0 unspecified atom stereocenters. The minimum atomic E-state index is 0.959. The van der Waals surface area contributed by atoms with Gasteiger partial charge in [0.2, 0.25) is 0 Å². The Morgan fingerprint density at radius 2 is 1.56 bits per heavy atom. The fourth-order valence-electron chi connectivity index (χ4n) is 2.15. The molecule has 0 spiro atoms. The first kappa shape index (κ1) is 9.21. The molecule has 0 fully saturated rings. The van der Waals surface area contributed by atoms with Gasteiger partial charge < -0.3 is 0 Å². The zero-order valence-corrected chi connectivity index (χ0v) is 8.98. The summed E-state index contributed by atoms with van der Waals surface area (Å²) in [6, 6.07) is 17.1. The van der Waals surface area contributed by atoms with E-state index >= 15 is 0 Å². The minimum absolute atomic E-state index is 0.959. The molecule has 0 aromatic heterocycles. The fraction of sp³-hybridized carbons (Fsp3) is 0.0625. The second kappa shape index (κ2) is 3.84. The van der Waals surface area contributed by atoms with Gasteiger partial charge in [0.05, 0.1) is 0 Å². The van der Waals surface area contributed by atoms with Gasteiger partial charge in [0, 0.05) is 0 Å². The number of rotatable bonds is 0. The molecule has 0 amide bonds. The highest BCUT2D eigenvalue weighted by Crippen LogP contribution is 2.29. The number of hydrogen-bond donors (Lipinski definition) is 0. The van der Waals surface area contributed by atoms with Crippen LogP contribution in [0.3, 0.4) is 0 Å². The number of allylic oxidation sites excluding steroid dienone is 1. The molecule has 16 heavy (non-hydrogen) atoms. The molecule has 0 saturated carbocycles. The van der Waals surface area contributed by atoms with Crippen LogP contribution in [0.1, 0.15) is 11.1 Å². The topological polar surface area (TPSA) is 0 Å². The molecule has 76 valence electrons. The van der Waals surface area contributed by atoms with Crippen molar-refractivity contribution >= 4 is 6.08 Å². The summed E-state index contributed by atoms with van der Waals surface area (Å²) in [7, 11) is 0.